The Morgan fingerprint density at radius 1 is 1.20 bits per heavy atom. The summed E-state index contributed by atoms with van der Waals surface area (Å²) in [7, 11) is 1.29. The monoisotopic (exact) mass is 298 g/mol. The van der Waals surface area contributed by atoms with Crippen molar-refractivity contribution in [2.75, 3.05) is 7.11 Å². The zero-order valence-corrected chi connectivity index (χ0v) is 11.0. The van der Waals surface area contributed by atoms with Gasteiger partial charge in [-0.25, -0.2) is 13.6 Å². The van der Waals surface area contributed by atoms with Crippen molar-refractivity contribution < 1.29 is 23.4 Å². The fourth-order valence-electron chi connectivity index (χ4n) is 1.78. The van der Waals surface area contributed by atoms with Gasteiger partial charge in [-0.15, -0.1) is 0 Å². The molecule has 0 unspecified atom stereocenters. The van der Waals surface area contributed by atoms with Crippen LogP contribution >= 0.6 is 11.6 Å². The van der Waals surface area contributed by atoms with E-state index in [0.29, 0.717) is 0 Å². The number of aromatic carboxylic acids is 1. The predicted molar refractivity (Wildman–Crippen MR) is 70.3 cm³/mol. The summed E-state index contributed by atoms with van der Waals surface area (Å²) < 4.78 is 32.6. The normalized spacial score (nSPS) is 10.4. The molecule has 0 aromatic heterocycles. The minimum atomic E-state index is -1.17. The van der Waals surface area contributed by atoms with Crippen LogP contribution in [0, 0.1) is 11.6 Å². The zero-order valence-electron chi connectivity index (χ0n) is 10.3. The molecule has 0 spiro atoms. The summed E-state index contributed by atoms with van der Waals surface area (Å²) in [6.45, 7) is 0. The molecule has 0 saturated carbocycles. The fourth-order valence-corrected chi connectivity index (χ4v) is 2.05. The van der Waals surface area contributed by atoms with E-state index < -0.39 is 17.6 Å². The average Bonchev–Trinajstić information content (AvgIpc) is 2.39. The lowest BCUT2D eigenvalue weighted by Crippen LogP contribution is -1.98. The first-order valence-corrected chi connectivity index (χ1v) is 5.88. The minimum Gasteiger partial charge on any atom is -0.497 e. The number of benzene rings is 2. The largest absolute Gasteiger partial charge is 0.497 e. The van der Waals surface area contributed by atoms with E-state index in [-0.39, 0.29) is 27.5 Å². The number of hydrogen-bond acceptors (Lipinski definition) is 2. The Kier molecular flexibility index (Phi) is 3.90. The summed E-state index contributed by atoms with van der Waals surface area (Å²) in [6.07, 6.45) is 0. The molecule has 0 saturated heterocycles. The Morgan fingerprint density at radius 3 is 2.25 bits per heavy atom. The first-order chi connectivity index (χ1) is 9.43. The number of rotatable bonds is 3. The lowest BCUT2D eigenvalue weighted by atomic mass is 10.0. The van der Waals surface area contributed by atoms with Crippen LogP contribution in [-0.4, -0.2) is 18.2 Å². The van der Waals surface area contributed by atoms with Gasteiger partial charge in [0.15, 0.2) is 0 Å². The van der Waals surface area contributed by atoms with E-state index in [1.807, 2.05) is 0 Å². The topological polar surface area (TPSA) is 46.5 Å². The average molecular weight is 299 g/mol. The lowest BCUT2D eigenvalue weighted by molar-refractivity contribution is 0.0697. The molecule has 20 heavy (non-hydrogen) atoms. The molecule has 0 radical (unpaired) electrons. The number of halogens is 3. The van der Waals surface area contributed by atoms with Crippen molar-refractivity contribution >= 4 is 17.6 Å². The van der Waals surface area contributed by atoms with Gasteiger partial charge in [-0.05, 0) is 12.1 Å². The molecule has 0 aliphatic rings. The summed E-state index contributed by atoms with van der Waals surface area (Å²) in [5.41, 5.74) is -0.310. The van der Waals surface area contributed by atoms with E-state index in [9.17, 15) is 13.6 Å². The molecular weight excluding hydrogens is 290 g/mol. The Bertz CT molecular complexity index is 663. The smallest absolute Gasteiger partial charge is 0.335 e. The van der Waals surface area contributed by atoms with E-state index in [1.54, 1.807) is 0 Å². The van der Waals surface area contributed by atoms with Gasteiger partial charge in [-0.2, -0.15) is 0 Å². The van der Waals surface area contributed by atoms with Crippen LogP contribution in [0.5, 0.6) is 5.75 Å². The van der Waals surface area contributed by atoms with E-state index in [2.05, 4.69) is 0 Å². The van der Waals surface area contributed by atoms with Gasteiger partial charge in [-0.3, -0.25) is 0 Å². The first kappa shape index (κ1) is 14.3. The van der Waals surface area contributed by atoms with Crippen molar-refractivity contribution in [1.82, 2.24) is 0 Å². The SMILES string of the molecule is COc1cc(F)c(-c2ccc(C(=O)O)cc2Cl)c(F)c1. The summed E-state index contributed by atoms with van der Waals surface area (Å²) >= 11 is 5.90. The number of ether oxygens (including phenoxy) is 1. The summed E-state index contributed by atoms with van der Waals surface area (Å²) in [4.78, 5) is 10.8. The summed E-state index contributed by atoms with van der Waals surface area (Å²) in [6, 6.07) is 5.69. The maximum atomic E-state index is 13.9. The zero-order chi connectivity index (χ0) is 14.9. The van der Waals surface area contributed by atoms with Gasteiger partial charge < -0.3 is 9.84 Å². The number of carbonyl (C=O) groups is 1. The Morgan fingerprint density at radius 2 is 1.80 bits per heavy atom. The summed E-state index contributed by atoms with van der Waals surface area (Å²) in [5.74, 6) is -2.81. The Balaban J connectivity index is 2.60. The van der Waals surface area contributed by atoms with Crippen molar-refractivity contribution in [2.24, 2.45) is 0 Å². The van der Waals surface area contributed by atoms with Gasteiger partial charge in [0, 0.05) is 22.7 Å². The van der Waals surface area contributed by atoms with Crippen LogP contribution in [0.4, 0.5) is 8.78 Å². The second kappa shape index (κ2) is 5.46. The molecule has 104 valence electrons. The standard InChI is InChI=1S/C14H9ClF2O3/c1-20-8-5-11(16)13(12(17)6-8)9-3-2-7(14(18)19)4-10(9)15/h2-6H,1H3,(H,18,19). The van der Waals surface area contributed by atoms with Crippen LogP contribution in [0.1, 0.15) is 10.4 Å². The van der Waals surface area contributed by atoms with Crippen molar-refractivity contribution in [3.63, 3.8) is 0 Å². The second-order valence-electron chi connectivity index (χ2n) is 3.97. The van der Waals surface area contributed by atoms with Gasteiger partial charge in [0.05, 0.1) is 18.2 Å². The Labute approximate surface area is 118 Å². The quantitative estimate of drug-likeness (QED) is 0.932. The third kappa shape index (κ3) is 2.58. The molecule has 0 aliphatic carbocycles. The predicted octanol–water partition coefficient (Wildman–Crippen LogP) is 3.99. The highest BCUT2D eigenvalue weighted by atomic mass is 35.5. The minimum absolute atomic E-state index is 0.0435. The van der Waals surface area contributed by atoms with Crippen LogP contribution in [-0.2, 0) is 0 Å². The van der Waals surface area contributed by atoms with Gasteiger partial charge in [0.25, 0.3) is 0 Å². The van der Waals surface area contributed by atoms with Crippen molar-refractivity contribution in [2.45, 2.75) is 0 Å². The molecule has 0 aliphatic heterocycles. The highest BCUT2D eigenvalue weighted by Crippen LogP contribution is 2.34. The first-order valence-electron chi connectivity index (χ1n) is 5.50. The van der Waals surface area contributed by atoms with Crippen LogP contribution in [0.2, 0.25) is 5.02 Å². The molecule has 0 atom stereocenters. The summed E-state index contributed by atoms with van der Waals surface area (Å²) in [5, 5.41) is 8.78. The van der Waals surface area contributed by atoms with Gasteiger partial charge >= 0.3 is 5.97 Å². The van der Waals surface area contributed by atoms with Crippen LogP contribution in [0.3, 0.4) is 0 Å². The highest BCUT2D eigenvalue weighted by Gasteiger charge is 2.17. The second-order valence-corrected chi connectivity index (χ2v) is 4.37. The van der Waals surface area contributed by atoms with Crippen LogP contribution in [0.25, 0.3) is 11.1 Å². The van der Waals surface area contributed by atoms with Crippen molar-refractivity contribution in [3.8, 4) is 16.9 Å². The number of carboxylic acids is 1. The molecule has 1 N–H and O–H groups in total. The molecule has 0 heterocycles. The molecule has 0 bridgehead atoms. The number of carboxylic acid groups (broad SMARTS) is 1. The van der Waals surface area contributed by atoms with Crippen LogP contribution < -0.4 is 4.74 Å². The molecule has 2 aromatic carbocycles. The molecule has 3 nitrogen and oxygen atoms in total. The van der Waals surface area contributed by atoms with E-state index in [1.165, 1.54) is 19.2 Å². The Hall–Kier alpha value is -2.14. The van der Waals surface area contributed by atoms with E-state index in [0.717, 1.165) is 18.2 Å². The van der Waals surface area contributed by atoms with Crippen molar-refractivity contribution in [1.29, 1.82) is 0 Å². The number of hydrogen-bond donors (Lipinski definition) is 1. The van der Waals surface area contributed by atoms with Gasteiger partial charge in [0.2, 0.25) is 0 Å². The third-order valence-corrected chi connectivity index (χ3v) is 3.05. The molecule has 2 aromatic rings. The van der Waals surface area contributed by atoms with Gasteiger partial charge in [0.1, 0.15) is 17.4 Å². The lowest BCUT2D eigenvalue weighted by Gasteiger charge is -2.10. The highest BCUT2D eigenvalue weighted by molar-refractivity contribution is 6.33. The van der Waals surface area contributed by atoms with E-state index >= 15 is 0 Å². The molecule has 0 amide bonds. The number of methoxy groups -OCH3 is 1. The van der Waals surface area contributed by atoms with E-state index in [4.69, 9.17) is 21.4 Å². The molecule has 6 heteroatoms. The molecule has 2 rings (SSSR count). The van der Waals surface area contributed by atoms with Crippen molar-refractivity contribution in [3.05, 3.63) is 52.6 Å². The van der Waals surface area contributed by atoms with Gasteiger partial charge in [-0.1, -0.05) is 17.7 Å². The maximum absolute atomic E-state index is 13.9. The van der Waals surface area contributed by atoms with Crippen LogP contribution in [0.15, 0.2) is 30.3 Å². The molecule has 0 fully saturated rings. The molecular formula is C14H9ClF2O3. The third-order valence-electron chi connectivity index (χ3n) is 2.74. The fraction of sp³-hybridized carbons (Fsp3) is 0.0714. The maximum Gasteiger partial charge on any atom is 0.335 e.